The molecule has 0 radical (unpaired) electrons. The van der Waals surface area contributed by atoms with E-state index in [4.69, 9.17) is 11.6 Å². The molecule has 2 aliphatic rings. The Balaban J connectivity index is 1.58. The number of alkyl halides is 2. The summed E-state index contributed by atoms with van der Waals surface area (Å²) >= 11 is 6.54. The normalized spacial score (nSPS) is 19.6. The summed E-state index contributed by atoms with van der Waals surface area (Å²) in [5.74, 6) is -4.98. The SMILES string of the molecule is O=C(NC1CCC(F)(F)CC1)[C@H](c1ccccc1Cl)N(C(=O)[C@@H]1CCC(=O)N1c1cnccn1)c1cccc(F)c1. The first-order chi connectivity index (χ1) is 19.6. The lowest BCUT2D eigenvalue weighted by molar-refractivity contribution is -0.128. The summed E-state index contributed by atoms with van der Waals surface area (Å²) in [6, 6.07) is 8.57. The van der Waals surface area contributed by atoms with E-state index >= 15 is 0 Å². The third kappa shape index (κ3) is 6.19. The smallest absolute Gasteiger partial charge is 0.251 e. The molecule has 1 aromatic heterocycles. The molecule has 8 nitrogen and oxygen atoms in total. The Bertz CT molecular complexity index is 1430. The fourth-order valence-corrected chi connectivity index (χ4v) is 5.61. The van der Waals surface area contributed by atoms with Crippen molar-refractivity contribution in [1.82, 2.24) is 15.3 Å². The topological polar surface area (TPSA) is 95.5 Å². The van der Waals surface area contributed by atoms with Gasteiger partial charge in [0.2, 0.25) is 17.7 Å². The van der Waals surface area contributed by atoms with Gasteiger partial charge in [0.1, 0.15) is 17.9 Å². The number of carbonyl (C=O) groups excluding carboxylic acids is 3. The number of nitrogens with zero attached hydrogens (tertiary/aromatic N) is 4. The van der Waals surface area contributed by atoms with Crippen LogP contribution in [0.1, 0.15) is 50.1 Å². The monoisotopic (exact) mass is 585 g/mol. The first-order valence-electron chi connectivity index (χ1n) is 13.2. The standard InChI is InChI=1S/C29H27ClF3N5O3/c30-22-7-2-1-6-21(22)26(27(40)36-19-10-12-29(32,33)13-11-19)37(20-5-3-4-18(31)16-20)28(41)23-8-9-25(39)38(23)24-17-34-14-15-35-24/h1-7,14-17,19,23,26H,8-13H2,(H,36,40)/t23-,26-/m0/s1. The highest BCUT2D eigenvalue weighted by atomic mass is 35.5. The fourth-order valence-electron chi connectivity index (χ4n) is 5.37. The van der Waals surface area contributed by atoms with Crippen LogP contribution in [0.5, 0.6) is 0 Å². The number of rotatable bonds is 7. The average molecular weight is 586 g/mol. The molecular formula is C29H27ClF3N5O3. The van der Waals surface area contributed by atoms with Gasteiger partial charge in [0.05, 0.1) is 6.20 Å². The maximum atomic E-state index is 14.5. The van der Waals surface area contributed by atoms with Gasteiger partial charge in [-0.15, -0.1) is 0 Å². The van der Waals surface area contributed by atoms with Crippen LogP contribution in [0.25, 0.3) is 0 Å². The summed E-state index contributed by atoms with van der Waals surface area (Å²) in [5.41, 5.74) is 0.310. The average Bonchev–Trinajstić information content (AvgIpc) is 3.34. The van der Waals surface area contributed by atoms with Crippen molar-refractivity contribution >= 4 is 40.8 Å². The summed E-state index contributed by atoms with van der Waals surface area (Å²) in [7, 11) is 0. The van der Waals surface area contributed by atoms with Crippen LogP contribution in [0, 0.1) is 5.82 Å². The van der Waals surface area contributed by atoms with E-state index in [2.05, 4.69) is 15.3 Å². The second kappa shape index (κ2) is 11.9. The maximum absolute atomic E-state index is 14.5. The number of amides is 3. The van der Waals surface area contributed by atoms with Crippen molar-refractivity contribution in [3.63, 3.8) is 0 Å². The summed E-state index contributed by atoms with van der Waals surface area (Å²) in [6.07, 6.45) is 3.69. The zero-order valence-electron chi connectivity index (χ0n) is 21.9. The minimum atomic E-state index is -2.80. The van der Waals surface area contributed by atoms with Crippen LogP contribution >= 0.6 is 11.6 Å². The van der Waals surface area contributed by atoms with E-state index in [1.165, 1.54) is 41.7 Å². The van der Waals surface area contributed by atoms with E-state index in [1.807, 2.05) is 0 Å². The van der Waals surface area contributed by atoms with Gasteiger partial charge < -0.3 is 5.32 Å². The first kappa shape index (κ1) is 28.5. The van der Waals surface area contributed by atoms with Gasteiger partial charge in [0, 0.05) is 54.0 Å². The summed E-state index contributed by atoms with van der Waals surface area (Å²) in [5, 5.41) is 2.99. The van der Waals surface area contributed by atoms with Crippen LogP contribution in [-0.4, -0.2) is 45.7 Å². The molecule has 2 heterocycles. The van der Waals surface area contributed by atoms with E-state index in [-0.39, 0.29) is 66.5 Å². The molecule has 12 heteroatoms. The highest BCUT2D eigenvalue weighted by molar-refractivity contribution is 6.31. The second-order valence-electron chi connectivity index (χ2n) is 10.1. The second-order valence-corrected chi connectivity index (χ2v) is 10.5. The Morgan fingerprint density at radius 3 is 2.51 bits per heavy atom. The van der Waals surface area contributed by atoms with Gasteiger partial charge in [-0.1, -0.05) is 35.9 Å². The molecule has 1 saturated heterocycles. The van der Waals surface area contributed by atoms with Crippen molar-refractivity contribution in [2.45, 2.75) is 62.6 Å². The van der Waals surface area contributed by atoms with Crippen LogP contribution in [0.4, 0.5) is 24.7 Å². The highest BCUT2D eigenvalue weighted by Gasteiger charge is 2.45. The van der Waals surface area contributed by atoms with Gasteiger partial charge in [-0.05, 0) is 43.5 Å². The van der Waals surface area contributed by atoms with Crippen molar-refractivity contribution in [2.24, 2.45) is 0 Å². The van der Waals surface area contributed by atoms with E-state index in [0.717, 1.165) is 11.0 Å². The molecule has 1 saturated carbocycles. The van der Waals surface area contributed by atoms with E-state index in [0.29, 0.717) is 0 Å². The predicted octanol–water partition coefficient (Wildman–Crippen LogP) is 5.23. The lowest BCUT2D eigenvalue weighted by Crippen LogP contribution is -2.53. The van der Waals surface area contributed by atoms with Crippen molar-refractivity contribution in [2.75, 3.05) is 9.80 Å². The number of benzene rings is 2. The highest BCUT2D eigenvalue weighted by Crippen LogP contribution is 2.37. The Kier molecular flexibility index (Phi) is 8.25. The summed E-state index contributed by atoms with van der Waals surface area (Å²) < 4.78 is 42.2. The third-order valence-electron chi connectivity index (χ3n) is 7.39. The number of anilines is 2. The zero-order valence-corrected chi connectivity index (χ0v) is 22.6. The van der Waals surface area contributed by atoms with Crippen LogP contribution in [0.2, 0.25) is 5.02 Å². The summed E-state index contributed by atoms with van der Waals surface area (Å²) in [4.78, 5) is 51.9. The fraction of sp³-hybridized carbons (Fsp3) is 0.345. The Morgan fingerprint density at radius 2 is 1.83 bits per heavy atom. The van der Waals surface area contributed by atoms with Crippen molar-refractivity contribution < 1.29 is 27.6 Å². The van der Waals surface area contributed by atoms with Crippen LogP contribution < -0.4 is 15.1 Å². The minimum Gasteiger partial charge on any atom is -0.351 e. The van der Waals surface area contributed by atoms with E-state index < -0.39 is 41.7 Å². The minimum absolute atomic E-state index is 0.0449. The zero-order chi connectivity index (χ0) is 29.1. The van der Waals surface area contributed by atoms with Gasteiger partial charge in [0.15, 0.2) is 5.82 Å². The molecule has 2 aromatic carbocycles. The predicted molar refractivity (Wildman–Crippen MR) is 146 cm³/mol. The van der Waals surface area contributed by atoms with Crippen molar-refractivity contribution in [3.8, 4) is 0 Å². The van der Waals surface area contributed by atoms with E-state index in [1.54, 1.807) is 24.3 Å². The van der Waals surface area contributed by atoms with Gasteiger partial charge in [0.25, 0.3) is 5.91 Å². The molecule has 1 aliphatic carbocycles. The van der Waals surface area contributed by atoms with Crippen LogP contribution in [0.3, 0.4) is 0 Å². The molecule has 3 amide bonds. The first-order valence-corrected chi connectivity index (χ1v) is 13.6. The number of carbonyl (C=O) groups is 3. The van der Waals surface area contributed by atoms with Gasteiger partial charge in [-0.3, -0.25) is 29.2 Å². The molecule has 2 fully saturated rings. The molecular weight excluding hydrogens is 559 g/mol. The molecule has 3 aromatic rings. The third-order valence-corrected chi connectivity index (χ3v) is 7.73. The Labute approximate surface area is 239 Å². The molecule has 1 aliphatic heterocycles. The Hall–Kier alpha value is -3.99. The van der Waals surface area contributed by atoms with Gasteiger partial charge >= 0.3 is 0 Å². The maximum Gasteiger partial charge on any atom is 0.251 e. The molecule has 214 valence electrons. The van der Waals surface area contributed by atoms with Gasteiger partial charge in [-0.2, -0.15) is 0 Å². The number of nitrogens with one attached hydrogen (secondary N) is 1. The molecule has 0 spiro atoms. The lowest BCUT2D eigenvalue weighted by Gasteiger charge is -2.37. The van der Waals surface area contributed by atoms with Crippen molar-refractivity contribution in [3.05, 3.63) is 83.5 Å². The van der Waals surface area contributed by atoms with Crippen LogP contribution in [-0.2, 0) is 14.4 Å². The van der Waals surface area contributed by atoms with Gasteiger partial charge in [-0.25, -0.2) is 18.2 Å². The number of hydrogen-bond donors (Lipinski definition) is 1. The lowest BCUT2D eigenvalue weighted by atomic mass is 9.91. The van der Waals surface area contributed by atoms with Crippen LogP contribution in [0.15, 0.2) is 67.1 Å². The molecule has 0 unspecified atom stereocenters. The largest absolute Gasteiger partial charge is 0.351 e. The number of halogens is 4. The van der Waals surface area contributed by atoms with E-state index in [9.17, 15) is 27.6 Å². The summed E-state index contributed by atoms with van der Waals surface area (Å²) in [6.45, 7) is 0. The molecule has 41 heavy (non-hydrogen) atoms. The number of hydrogen-bond acceptors (Lipinski definition) is 5. The quantitative estimate of drug-likeness (QED) is 0.410. The molecule has 2 atom stereocenters. The Morgan fingerprint density at radius 1 is 1.07 bits per heavy atom. The molecule has 0 bridgehead atoms. The van der Waals surface area contributed by atoms with Crippen molar-refractivity contribution in [1.29, 1.82) is 0 Å². The molecule has 1 N–H and O–H groups in total. The molecule has 5 rings (SSSR count). The number of aromatic nitrogens is 2.